The van der Waals surface area contributed by atoms with Crippen LogP contribution in [0.15, 0.2) is 24.4 Å². The van der Waals surface area contributed by atoms with Gasteiger partial charge in [-0.15, -0.1) is 0 Å². The van der Waals surface area contributed by atoms with Crippen molar-refractivity contribution in [3.05, 3.63) is 30.1 Å². The molecule has 1 rings (SSSR count). The number of hydrogen-bond acceptors (Lipinski definition) is 5. The molecule has 0 radical (unpaired) electrons. The molecule has 0 aliphatic carbocycles. The fourth-order valence-corrected chi connectivity index (χ4v) is 1.000. The molecule has 0 aliphatic heterocycles. The summed E-state index contributed by atoms with van der Waals surface area (Å²) in [6.07, 6.45) is 0.735. The van der Waals surface area contributed by atoms with E-state index in [-0.39, 0.29) is 24.6 Å². The van der Waals surface area contributed by atoms with Crippen LogP contribution in [0.1, 0.15) is 5.69 Å². The van der Waals surface area contributed by atoms with E-state index in [1.54, 1.807) is 12.1 Å². The Morgan fingerprint density at radius 2 is 2.06 bits per heavy atom. The Kier molecular flexibility index (Phi) is 5.18. The molecular formula is C9H8LiNO5. The molecule has 0 aromatic carbocycles. The molecule has 0 fully saturated rings. The SMILES string of the molecule is O=C([O-])C(O)(Cc1ccccn1)C(=O)O.[Li+]. The quantitative estimate of drug-likeness (QED) is 0.386. The maximum absolute atomic E-state index is 10.6. The second-order valence-corrected chi connectivity index (χ2v) is 2.95. The third-order valence-corrected chi connectivity index (χ3v) is 1.85. The van der Waals surface area contributed by atoms with Crippen molar-refractivity contribution in [3.8, 4) is 0 Å². The molecule has 0 aliphatic rings. The number of hydrogen-bond donors (Lipinski definition) is 2. The Labute approximate surface area is 103 Å². The Morgan fingerprint density at radius 3 is 2.44 bits per heavy atom. The zero-order valence-electron chi connectivity index (χ0n) is 8.58. The Balaban J connectivity index is 0.00000225. The monoisotopic (exact) mass is 217 g/mol. The molecule has 1 unspecified atom stereocenters. The molecule has 16 heavy (non-hydrogen) atoms. The summed E-state index contributed by atoms with van der Waals surface area (Å²) in [7, 11) is 0. The molecule has 0 bridgehead atoms. The van der Waals surface area contributed by atoms with E-state index in [0.717, 1.165) is 0 Å². The molecular weight excluding hydrogens is 209 g/mol. The van der Waals surface area contributed by atoms with Crippen molar-refractivity contribution in [2.75, 3.05) is 0 Å². The molecule has 80 valence electrons. The van der Waals surface area contributed by atoms with Crippen LogP contribution < -0.4 is 24.0 Å². The molecule has 1 heterocycles. The molecule has 2 N–H and O–H groups in total. The third kappa shape index (κ3) is 3.07. The van der Waals surface area contributed by atoms with Crippen LogP contribution in [-0.4, -0.2) is 32.7 Å². The predicted octanol–water partition coefficient (Wildman–Crippen LogP) is -4.81. The Hall–Kier alpha value is -1.35. The fraction of sp³-hybridized carbons (Fsp3) is 0.222. The summed E-state index contributed by atoms with van der Waals surface area (Å²) in [5, 5.41) is 28.4. The van der Waals surface area contributed by atoms with Crippen molar-refractivity contribution in [3.63, 3.8) is 0 Å². The largest absolute Gasteiger partial charge is 1.00 e. The first-order valence-electron chi connectivity index (χ1n) is 4.04. The van der Waals surface area contributed by atoms with Crippen LogP contribution in [0.3, 0.4) is 0 Å². The number of carbonyl (C=O) groups excluding carboxylic acids is 1. The van der Waals surface area contributed by atoms with Gasteiger partial charge in [0.15, 0.2) is 0 Å². The van der Waals surface area contributed by atoms with E-state index >= 15 is 0 Å². The molecule has 6 nitrogen and oxygen atoms in total. The van der Waals surface area contributed by atoms with Gasteiger partial charge in [-0.25, -0.2) is 4.79 Å². The number of carbonyl (C=O) groups is 2. The molecule has 1 aromatic rings. The summed E-state index contributed by atoms with van der Waals surface area (Å²) in [5.41, 5.74) is -2.78. The van der Waals surface area contributed by atoms with E-state index < -0.39 is 24.0 Å². The van der Waals surface area contributed by atoms with Gasteiger partial charge in [-0.1, -0.05) is 6.07 Å². The molecule has 0 amide bonds. The second-order valence-electron chi connectivity index (χ2n) is 2.95. The number of carboxylic acids is 2. The summed E-state index contributed by atoms with van der Waals surface area (Å²) < 4.78 is 0. The number of nitrogens with zero attached hydrogens (tertiary/aromatic N) is 1. The van der Waals surface area contributed by atoms with Crippen molar-refractivity contribution in [2.24, 2.45) is 0 Å². The van der Waals surface area contributed by atoms with Crippen molar-refractivity contribution in [2.45, 2.75) is 12.0 Å². The number of aliphatic hydroxyl groups is 1. The van der Waals surface area contributed by atoms with Crippen LogP contribution >= 0.6 is 0 Å². The van der Waals surface area contributed by atoms with Gasteiger partial charge in [0.2, 0.25) is 5.60 Å². The fourth-order valence-electron chi connectivity index (χ4n) is 1.000. The van der Waals surface area contributed by atoms with E-state index in [1.165, 1.54) is 12.3 Å². The standard InChI is InChI=1S/C9H9NO5.Li/c11-7(12)9(15,8(13)14)5-6-3-1-2-4-10-6;/h1-4,15H,5H2,(H,11,12)(H,13,14);/q;+1/p-1. The number of aromatic nitrogens is 1. The predicted molar refractivity (Wildman–Crippen MR) is 45.5 cm³/mol. The number of carboxylic acid groups (broad SMARTS) is 2. The van der Waals surface area contributed by atoms with Crippen molar-refractivity contribution in [1.29, 1.82) is 0 Å². The second kappa shape index (κ2) is 5.66. The van der Waals surface area contributed by atoms with Crippen LogP contribution in [0.25, 0.3) is 0 Å². The summed E-state index contributed by atoms with van der Waals surface area (Å²) >= 11 is 0. The minimum Gasteiger partial charge on any atom is -0.546 e. The minimum atomic E-state index is -2.94. The maximum Gasteiger partial charge on any atom is 1.00 e. The van der Waals surface area contributed by atoms with E-state index in [1.807, 2.05) is 0 Å². The summed E-state index contributed by atoms with van der Waals surface area (Å²) in [5.74, 6) is -3.92. The van der Waals surface area contributed by atoms with Gasteiger partial charge in [0, 0.05) is 18.3 Å². The van der Waals surface area contributed by atoms with Gasteiger partial charge in [-0.3, -0.25) is 4.98 Å². The smallest absolute Gasteiger partial charge is 0.546 e. The zero-order chi connectivity index (χ0) is 11.5. The molecule has 0 spiro atoms. The minimum absolute atomic E-state index is 0. The van der Waals surface area contributed by atoms with Gasteiger partial charge < -0.3 is 20.1 Å². The van der Waals surface area contributed by atoms with Crippen LogP contribution in [0.4, 0.5) is 0 Å². The maximum atomic E-state index is 10.6. The summed E-state index contributed by atoms with van der Waals surface area (Å²) in [6.45, 7) is 0. The van der Waals surface area contributed by atoms with Crippen molar-refractivity contribution >= 4 is 11.9 Å². The number of rotatable bonds is 4. The summed E-state index contributed by atoms with van der Waals surface area (Å²) in [6, 6.07) is 4.55. The topological polar surface area (TPSA) is 111 Å². The number of pyridine rings is 1. The van der Waals surface area contributed by atoms with E-state index in [2.05, 4.69) is 4.98 Å². The van der Waals surface area contributed by atoms with E-state index in [4.69, 9.17) is 5.11 Å². The van der Waals surface area contributed by atoms with Gasteiger partial charge in [0.05, 0.1) is 5.97 Å². The third-order valence-electron chi connectivity index (χ3n) is 1.85. The van der Waals surface area contributed by atoms with E-state index in [9.17, 15) is 19.8 Å². The molecule has 7 heteroatoms. The van der Waals surface area contributed by atoms with Crippen LogP contribution in [0.5, 0.6) is 0 Å². The first-order chi connectivity index (χ1) is 6.97. The Morgan fingerprint density at radius 1 is 1.44 bits per heavy atom. The van der Waals surface area contributed by atoms with Gasteiger partial charge in [0.25, 0.3) is 0 Å². The van der Waals surface area contributed by atoms with E-state index in [0.29, 0.717) is 0 Å². The molecule has 1 aromatic heterocycles. The molecule has 0 saturated heterocycles. The van der Waals surface area contributed by atoms with Crippen molar-refractivity contribution in [1.82, 2.24) is 4.98 Å². The summed E-state index contributed by atoms with van der Waals surface area (Å²) in [4.78, 5) is 24.8. The van der Waals surface area contributed by atoms with Crippen LogP contribution in [0, 0.1) is 0 Å². The van der Waals surface area contributed by atoms with Gasteiger partial charge in [-0.05, 0) is 12.1 Å². The van der Waals surface area contributed by atoms with Crippen molar-refractivity contribution < 1.29 is 43.8 Å². The van der Waals surface area contributed by atoms with Crippen LogP contribution in [-0.2, 0) is 16.0 Å². The van der Waals surface area contributed by atoms with Gasteiger partial charge in [0.1, 0.15) is 0 Å². The normalized spacial score (nSPS) is 13.3. The molecule has 1 atom stereocenters. The van der Waals surface area contributed by atoms with Gasteiger partial charge >= 0.3 is 24.8 Å². The Bertz CT molecular complexity index is 367. The zero-order valence-corrected chi connectivity index (χ0v) is 8.58. The number of aliphatic carboxylic acids is 2. The van der Waals surface area contributed by atoms with Gasteiger partial charge in [-0.2, -0.15) is 0 Å². The molecule has 0 saturated carbocycles. The first kappa shape index (κ1) is 14.6. The average molecular weight is 217 g/mol. The van der Waals surface area contributed by atoms with Crippen LogP contribution in [0.2, 0.25) is 0 Å². The first-order valence-corrected chi connectivity index (χ1v) is 4.04. The average Bonchev–Trinajstić information content (AvgIpc) is 2.18.